The van der Waals surface area contributed by atoms with Crippen LogP contribution in [0.15, 0.2) is 36.5 Å². The minimum absolute atomic E-state index is 0.0947. The molecule has 1 amide bonds. The SMILES string of the molecule is COc1ccc(CN(C)C(=O)c2cc3c(s2)CCCC3)c2cccnc12. The van der Waals surface area contributed by atoms with E-state index in [-0.39, 0.29) is 5.91 Å². The number of fused-ring (bicyclic) bond motifs is 2. The van der Waals surface area contributed by atoms with Crippen molar-refractivity contribution < 1.29 is 9.53 Å². The van der Waals surface area contributed by atoms with Gasteiger partial charge in [-0.25, -0.2) is 0 Å². The monoisotopic (exact) mass is 366 g/mol. The Morgan fingerprint density at radius 2 is 2.12 bits per heavy atom. The zero-order valence-corrected chi connectivity index (χ0v) is 15.9. The maximum absolute atomic E-state index is 12.9. The van der Waals surface area contributed by atoms with Crippen LogP contribution in [0.3, 0.4) is 0 Å². The maximum atomic E-state index is 12.9. The van der Waals surface area contributed by atoms with Crippen LogP contribution in [0.2, 0.25) is 0 Å². The van der Waals surface area contributed by atoms with Crippen LogP contribution in [0.5, 0.6) is 5.75 Å². The van der Waals surface area contributed by atoms with Gasteiger partial charge in [0.2, 0.25) is 0 Å². The summed E-state index contributed by atoms with van der Waals surface area (Å²) in [6, 6.07) is 9.99. The molecule has 1 aromatic carbocycles. The Kier molecular flexibility index (Phi) is 4.64. The van der Waals surface area contributed by atoms with Gasteiger partial charge in [0.05, 0.1) is 12.0 Å². The average molecular weight is 366 g/mol. The van der Waals surface area contributed by atoms with Gasteiger partial charge in [-0.2, -0.15) is 0 Å². The van der Waals surface area contributed by atoms with Crippen LogP contribution in [0.4, 0.5) is 0 Å². The highest BCUT2D eigenvalue weighted by atomic mass is 32.1. The first-order chi connectivity index (χ1) is 12.7. The number of amides is 1. The maximum Gasteiger partial charge on any atom is 0.263 e. The molecule has 26 heavy (non-hydrogen) atoms. The molecule has 0 saturated heterocycles. The van der Waals surface area contributed by atoms with Crippen LogP contribution in [0, 0.1) is 0 Å². The molecule has 1 aliphatic carbocycles. The number of rotatable bonds is 4. The second kappa shape index (κ2) is 7.08. The fraction of sp³-hybridized carbons (Fsp3) is 0.333. The van der Waals surface area contributed by atoms with E-state index in [2.05, 4.69) is 11.1 Å². The van der Waals surface area contributed by atoms with Crippen molar-refractivity contribution >= 4 is 28.1 Å². The summed E-state index contributed by atoms with van der Waals surface area (Å²) in [7, 11) is 3.52. The third-order valence-electron chi connectivity index (χ3n) is 5.00. The lowest BCUT2D eigenvalue weighted by molar-refractivity contribution is 0.0790. The highest BCUT2D eigenvalue weighted by Gasteiger charge is 2.20. The van der Waals surface area contributed by atoms with Gasteiger partial charge in [0, 0.05) is 30.1 Å². The first kappa shape index (κ1) is 17.0. The van der Waals surface area contributed by atoms with Crippen LogP contribution in [-0.2, 0) is 19.4 Å². The van der Waals surface area contributed by atoms with Crippen molar-refractivity contribution in [2.75, 3.05) is 14.2 Å². The molecule has 3 aromatic rings. The van der Waals surface area contributed by atoms with E-state index >= 15 is 0 Å². The lowest BCUT2D eigenvalue weighted by Gasteiger charge is -2.18. The molecule has 0 N–H and O–H groups in total. The lowest BCUT2D eigenvalue weighted by Crippen LogP contribution is -2.25. The molecule has 2 heterocycles. The molecule has 1 aliphatic rings. The number of carbonyl (C=O) groups is 1. The first-order valence-electron chi connectivity index (χ1n) is 8.95. The van der Waals surface area contributed by atoms with E-state index in [1.54, 1.807) is 29.5 Å². The van der Waals surface area contributed by atoms with Crippen molar-refractivity contribution in [2.24, 2.45) is 0 Å². The summed E-state index contributed by atoms with van der Waals surface area (Å²) in [6.07, 6.45) is 6.46. The molecule has 0 saturated carbocycles. The summed E-state index contributed by atoms with van der Waals surface area (Å²) in [6.45, 7) is 0.549. The number of ether oxygens (including phenoxy) is 1. The molecular weight excluding hydrogens is 344 g/mol. The third kappa shape index (κ3) is 3.07. The smallest absolute Gasteiger partial charge is 0.263 e. The van der Waals surface area contributed by atoms with E-state index < -0.39 is 0 Å². The molecule has 4 rings (SSSR count). The predicted octanol–water partition coefficient (Wildman–Crippen LogP) is 4.46. The molecule has 0 atom stereocenters. The molecule has 0 aliphatic heterocycles. The molecule has 0 bridgehead atoms. The van der Waals surface area contributed by atoms with Crippen molar-refractivity contribution in [1.82, 2.24) is 9.88 Å². The number of pyridine rings is 1. The minimum Gasteiger partial charge on any atom is -0.494 e. The first-order valence-corrected chi connectivity index (χ1v) is 9.76. The molecule has 134 valence electrons. The number of hydrogen-bond acceptors (Lipinski definition) is 4. The summed E-state index contributed by atoms with van der Waals surface area (Å²) in [4.78, 5) is 21.4. The van der Waals surface area contributed by atoms with Crippen molar-refractivity contribution in [1.29, 1.82) is 0 Å². The van der Waals surface area contributed by atoms with Gasteiger partial charge >= 0.3 is 0 Å². The van der Waals surface area contributed by atoms with Gasteiger partial charge in [0.15, 0.2) is 0 Å². The number of aryl methyl sites for hydroxylation is 2. The molecule has 0 unspecified atom stereocenters. The van der Waals surface area contributed by atoms with Crippen LogP contribution in [-0.4, -0.2) is 29.9 Å². The zero-order valence-electron chi connectivity index (χ0n) is 15.1. The Balaban J connectivity index is 1.60. The van der Waals surface area contributed by atoms with Crippen LogP contribution < -0.4 is 4.74 Å². The fourth-order valence-electron chi connectivity index (χ4n) is 3.62. The van der Waals surface area contributed by atoms with Gasteiger partial charge in [-0.1, -0.05) is 12.1 Å². The molecule has 4 nitrogen and oxygen atoms in total. The van der Waals surface area contributed by atoms with Gasteiger partial charge in [0.1, 0.15) is 11.3 Å². The zero-order chi connectivity index (χ0) is 18.1. The minimum atomic E-state index is 0.0947. The summed E-state index contributed by atoms with van der Waals surface area (Å²) in [5, 5.41) is 1.02. The number of thiophene rings is 1. The third-order valence-corrected chi connectivity index (χ3v) is 6.23. The molecule has 2 aromatic heterocycles. The summed E-state index contributed by atoms with van der Waals surface area (Å²) in [5.41, 5.74) is 3.28. The van der Waals surface area contributed by atoms with Crippen molar-refractivity contribution in [3.63, 3.8) is 0 Å². The van der Waals surface area contributed by atoms with Crippen molar-refractivity contribution in [3.8, 4) is 5.75 Å². The van der Waals surface area contributed by atoms with E-state index in [4.69, 9.17) is 4.74 Å². The number of methoxy groups -OCH3 is 1. The molecule has 5 heteroatoms. The summed E-state index contributed by atoms with van der Waals surface area (Å²) in [5.74, 6) is 0.849. The fourth-order valence-corrected chi connectivity index (χ4v) is 4.87. The highest BCUT2D eigenvalue weighted by molar-refractivity contribution is 7.14. The number of hydrogen-bond donors (Lipinski definition) is 0. The lowest BCUT2D eigenvalue weighted by atomic mass is 9.99. The van der Waals surface area contributed by atoms with Gasteiger partial charge in [-0.3, -0.25) is 9.78 Å². The van der Waals surface area contributed by atoms with Crippen LogP contribution in [0.1, 0.15) is 38.5 Å². The summed E-state index contributed by atoms with van der Waals surface area (Å²) >= 11 is 1.67. The second-order valence-electron chi connectivity index (χ2n) is 6.75. The normalized spacial score (nSPS) is 13.5. The van der Waals surface area contributed by atoms with Gasteiger partial charge in [-0.05, 0) is 55.0 Å². The molecule has 0 radical (unpaired) electrons. The van der Waals surface area contributed by atoms with E-state index in [1.165, 1.54) is 23.3 Å². The molecular formula is C21H22N2O2S. The van der Waals surface area contributed by atoms with Crippen molar-refractivity contribution in [2.45, 2.75) is 32.2 Å². The standard InChI is InChI=1S/C21H22N2O2S/c1-23(21(24)19-12-14-6-3-4-8-18(14)26-19)13-15-9-10-17(25-2)20-16(15)7-5-11-22-20/h5,7,9-12H,3-4,6,8,13H2,1-2H3. The van der Waals surface area contributed by atoms with Crippen LogP contribution in [0.25, 0.3) is 10.9 Å². The number of carbonyl (C=O) groups excluding carboxylic acids is 1. The average Bonchev–Trinajstić information content (AvgIpc) is 3.11. The Morgan fingerprint density at radius 1 is 1.27 bits per heavy atom. The van der Waals surface area contributed by atoms with Gasteiger partial charge in [0.25, 0.3) is 5.91 Å². The Bertz CT molecular complexity index is 940. The number of benzene rings is 1. The predicted molar refractivity (Wildman–Crippen MR) is 105 cm³/mol. The number of aromatic nitrogens is 1. The number of nitrogens with zero attached hydrogens (tertiary/aromatic N) is 2. The topological polar surface area (TPSA) is 42.4 Å². The van der Waals surface area contributed by atoms with Gasteiger partial charge < -0.3 is 9.64 Å². The van der Waals surface area contributed by atoms with E-state index in [0.717, 1.165) is 39.9 Å². The highest BCUT2D eigenvalue weighted by Crippen LogP contribution is 2.31. The van der Waals surface area contributed by atoms with Crippen LogP contribution >= 0.6 is 11.3 Å². The van der Waals surface area contributed by atoms with Gasteiger partial charge in [-0.15, -0.1) is 11.3 Å². The Hall–Kier alpha value is -2.40. The summed E-state index contributed by atoms with van der Waals surface area (Å²) < 4.78 is 5.41. The second-order valence-corrected chi connectivity index (χ2v) is 7.89. The Morgan fingerprint density at radius 3 is 2.92 bits per heavy atom. The quantitative estimate of drug-likeness (QED) is 0.685. The Labute approximate surface area is 157 Å². The van der Waals surface area contributed by atoms with E-state index in [1.807, 2.05) is 31.3 Å². The van der Waals surface area contributed by atoms with Crippen molar-refractivity contribution in [3.05, 3.63) is 57.4 Å². The largest absolute Gasteiger partial charge is 0.494 e. The van der Waals surface area contributed by atoms with E-state index in [0.29, 0.717) is 6.54 Å². The van der Waals surface area contributed by atoms with E-state index in [9.17, 15) is 4.79 Å². The molecule has 0 spiro atoms. The molecule has 0 fully saturated rings.